The van der Waals surface area contributed by atoms with E-state index in [9.17, 15) is 23.4 Å². The molecular weight excluding hydrogens is 420 g/mol. The van der Waals surface area contributed by atoms with Crippen molar-refractivity contribution in [3.63, 3.8) is 0 Å². The average Bonchev–Trinajstić information content (AvgIpc) is 2.73. The third-order valence-electron chi connectivity index (χ3n) is 4.52. The molecule has 3 aromatic rings. The van der Waals surface area contributed by atoms with Crippen molar-refractivity contribution < 1.29 is 23.4 Å². The lowest BCUT2D eigenvalue weighted by Crippen LogP contribution is -2.28. The van der Waals surface area contributed by atoms with Crippen LogP contribution in [0.3, 0.4) is 0 Å². The molecule has 1 aromatic heterocycles. The molecule has 0 spiro atoms. The molecule has 0 aliphatic heterocycles. The van der Waals surface area contributed by atoms with Gasteiger partial charge in [-0.15, -0.1) is 0 Å². The largest absolute Gasteiger partial charge is 0.508 e. The maximum Gasteiger partial charge on any atom is 0.313 e. The zero-order valence-corrected chi connectivity index (χ0v) is 17.5. The van der Waals surface area contributed by atoms with Crippen molar-refractivity contribution >= 4 is 33.2 Å². The Kier molecular flexibility index (Phi) is 6.02. The summed E-state index contributed by atoms with van der Waals surface area (Å²) >= 11 is 0. The second-order valence-electron chi connectivity index (χ2n) is 7.15. The van der Waals surface area contributed by atoms with E-state index >= 15 is 0 Å². The third kappa shape index (κ3) is 5.04. The summed E-state index contributed by atoms with van der Waals surface area (Å²) in [7, 11) is -3.80. The molecule has 160 valence electrons. The highest BCUT2D eigenvalue weighted by Crippen LogP contribution is 2.34. The molecule has 3 rings (SSSR count). The van der Waals surface area contributed by atoms with Crippen LogP contribution in [0.15, 0.2) is 82.0 Å². The van der Waals surface area contributed by atoms with Crippen LogP contribution in [-0.4, -0.2) is 29.6 Å². The topological polar surface area (TPSA) is 141 Å². The van der Waals surface area contributed by atoms with Crippen molar-refractivity contribution in [1.82, 2.24) is 4.98 Å². The zero-order chi connectivity index (χ0) is 22.6. The molecule has 0 aliphatic rings. The van der Waals surface area contributed by atoms with Crippen molar-refractivity contribution in [2.24, 2.45) is 10.2 Å². The Balaban J connectivity index is 1.79. The number of hydrogen-bond acceptors (Lipinski definition) is 7. The van der Waals surface area contributed by atoms with Crippen LogP contribution in [0.25, 0.3) is 0 Å². The number of aliphatic carboxylic acids is 1. The molecule has 9 nitrogen and oxygen atoms in total. The number of carboxylic acids is 1. The van der Waals surface area contributed by atoms with Gasteiger partial charge in [0.2, 0.25) is 0 Å². The minimum Gasteiger partial charge on any atom is -0.508 e. The van der Waals surface area contributed by atoms with Crippen LogP contribution < -0.4 is 4.72 Å². The summed E-state index contributed by atoms with van der Waals surface area (Å²) in [5.41, 5.74) is -0.371. The van der Waals surface area contributed by atoms with Crippen molar-refractivity contribution in [2.75, 3.05) is 4.72 Å². The van der Waals surface area contributed by atoms with Crippen LogP contribution in [0.2, 0.25) is 0 Å². The fourth-order valence-electron chi connectivity index (χ4n) is 2.63. The summed E-state index contributed by atoms with van der Waals surface area (Å²) in [6, 6.07) is 14.9. The predicted molar refractivity (Wildman–Crippen MR) is 114 cm³/mol. The molecule has 0 unspecified atom stereocenters. The van der Waals surface area contributed by atoms with Gasteiger partial charge in [0, 0.05) is 11.8 Å². The molecular formula is C21H20N4O5S. The van der Waals surface area contributed by atoms with Gasteiger partial charge in [-0.3, -0.25) is 9.52 Å². The second kappa shape index (κ2) is 8.52. The summed E-state index contributed by atoms with van der Waals surface area (Å²) in [6.07, 6.45) is 1.48. The number of anilines is 1. The molecule has 31 heavy (non-hydrogen) atoms. The highest BCUT2D eigenvalue weighted by molar-refractivity contribution is 7.92. The first-order chi connectivity index (χ1) is 14.6. The number of pyridine rings is 1. The quantitative estimate of drug-likeness (QED) is 0.466. The predicted octanol–water partition coefficient (Wildman–Crippen LogP) is 4.37. The van der Waals surface area contributed by atoms with E-state index in [1.165, 1.54) is 68.6 Å². The van der Waals surface area contributed by atoms with E-state index in [0.717, 1.165) is 0 Å². The number of nitrogens with one attached hydrogen (secondary N) is 1. The Morgan fingerprint density at radius 3 is 2.26 bits per heavy atom. The number of hydrogen-bond donors (Lipinski definition) is 3. The number of phenols is 1. The zero-order valence-electron chi connectivity index (χ0n) is 16.7. The normalized spacial score (nSPS) is 12.1. The van der Waals surface area contributed by atoms with Gasteiger partial charge in [-0.1, -0.05) is 6.07 Å². The molecule has 0 atom stereocenters. The van der Waals surface area contributed by atoms with Gasteiger partial charge in [-0.25, -0.2) is 13.4 Å². The van der Waals surface area contributed by atoms with Gasteiger partial charge in [0.15, 0.2) is 0 Å². The fourth-order valence-corrected chi connectivity index (χ4v) is 3.64. The second-order valence-corrected chi connectivity index (χ2v) is 8.83. The van der Waals surface area contributed by atoms with Crippen molar-refractivity contribution in [2.45, 2.75) is 24.2 Å². The van der Waals surface area contributed by atoms with E-state index in [-0.39, 0.29) is 22.0 Å². The summed E-state index contributed by atoms with van der Waals surface area (Å²) in [5, 5.41) is 27.5. The first-order valence-corrected chi connectivity index (χ1v) is 10.6. The van der Waals surface area contributed by atoms with Gasteiger partial charge in [0.1, 0.15) is 11.6 Å². The Hall–Kier alpha value is -3.79. The first-order valence-electron chi connectivity index (χ1n) is 9.12. The molecule has 3 N–H and O–H groups in total. The molecule has 0 radical (unpaired) electrons. The number of nitrogens with zero attached hydrogens (tertiary/aromatic N) is 3. The average molecular weight is 440 g/mol. The van der Waals surface area contributed by atoms with E-state index in [1.54, 1.807) is 12.1 Å². The molecule has 10 heteroatoms. The molecule has 0 amide bonds. The van der Waals surface area contributed by atoms with Gasteiger partial charge in [-0.05, 0) is 68.4 Å². The lowest BCUT2D eigenvalue weighted by atomic mass is 9.84. The van der Waals surface area contributed by atoms with Crippen molar-refractivity contribution in [1.29, 1.82) is 0 Å². The standard InChI is InChI=1S/C21H20N4O5S/c1-21(2,20(27)28)17-13-15(8-11-18(17)26)24-23-14-6-9-16(10-7-14)31(29,30)25-19-5-3-4-12-22-19/h3-13,26H,1-2H3,(H,22,25)(H,27,28)/b24-23+. The molecule has 2 aromatic carbocycles. The smallest absolute Gasteiger partial charge is 0.313 e. The lowest BCUT2D eigenvalue weighted by Gasteiger charge is -2.20. The number of azo groups is 1. The van der Waals surface area contributed by atoms with Crippen LogP contribution in [0.1, 0.15) is 19.4 Å². The lowest BCUT2D eigenvalue weighted by molar-refractivity contribution is -0.142. The van der Waals surface area contributed by atoms with E-state index in [2.05, 4.69) is 19.9 Å². The molecule has 0 saturated carbocycles. The SMILES string of the molecule is CC(C)(C(=O)O)c1cc(/N=N/c2ccc(S(=O)(=O)Nc3ccccn3)cc2)ccc1O. The summed E-state index contributed by atoms with van der Waals surface area (Å²) in [6.45, 7) is 2.95. The summed E-state index contributed by atoms with van der Waals surface area (Å²) in [4.78, 5) is 15.4. The first kappa shape index (κ1) is 21.9. The van der Waals surface area contributed by atoms with E-state index < -0.39 is 21.4 Å². The number of rotatable bonds is 7. The minimum absolute atomic E-state index is 0.0345. The summed E-state index contributed by atoms with van der Waals surface area (Å²) < 4.78 is 27.2. The van der Waals surface area contributed by atoms with Crippen molar-refractivity contribution in [3.8, 4) is 5.75 Å². The maximum atomic E-state index is 12.4. The Morgan fingerprint density at radius 2 is 1.65 bits per heavy atom. The highest BCUT2D eigenvalue weighted by atomic mass is 32.2. The van der Waals surface area contributed by atoms with Gasteiger partial charge >= 0.3 is 5.97 Å². The van der Waals surface area contributed by atoms with Crippen LogP contribution in [-0.2, 0) is 20.2 Å². The van der Waals surface area contributed by atoms with Gasteiger partial charge in [0.25, 0.3) is 10.0 Å². The number of benzene rings is 2. The van der Waals surface area contributed by atoms with Crippen LogP contribution in [0, 0.1) is 0 Å². The molecule has 0 bridgehead atoms. The van der Waals surface area contributed by atoms with E-state index in [1.807, 2.05) is 0 Å². The Labute approximate surface area is 179 Å². The molecule has 0 saturated heterocycles. The van der Waals surface area contributed by atoms with Gasteiger partial charge in [0.05, 0.1) is 21.7 Å². The van der Waals surface area contributed by atoms with E-state index in [0.29, 0.717) is 11.4 Å². The van der Waals surface area contributed by atoms with Gasteiger partial charge < -0.3 is 10.2 Å². The molecule has 0 aliphatic carbocycles. The van der Waals surface area contributed by atoms with Crippen LogP contribution >= 0.6 is 0 Å². The number of carbonyl (C=O) groups is 1. The molecule has 1 heterocycles. The number of carboxylic acid groups (broad SMARTS) is 1. The number of aromatic nitrogens is 1. The van der Waals surface area contributed by atoms with Crippen LogP contribution in [0.4, 0.5) is 17.2 Å². The highest BCUT2D eigenvalue weighted by Gasteiger charge is 2.32. The van der Waals surface area contributed by atoms with Crippen molar-refractivity contribution in [3.05, 3.63) is 72.4 Å². The van der Waals surface area contributed by atoms with Crippen LogP contribution in [0.5, 0.6) is 5.75 Å². The third-order valence-corrected chi connectivity index (χ3v) is 5.89. The monoisotopic (exact) mass is 440 g/mol. The Bertz CT molecular complexity index is 1220. The van der Waals surface area contributed by atoms with E-state index in [4.69, 9.17) is 0 Å². The molecule has 0 fully saturated rings. The number of sulfonamides is 1. The fraction of sp³-hybridized carbons (Fsp3) is 0.143. The van der Waals surface area contributed by atoms with Gasteiger partial charge in [-0.2, -0.15) is 10.2 Å². The maximum absolute atomic E-state index is 12.4. The summed E-state index contributed by atoms with van der Waals surface area (Å²) in [5.74, 6) is -1.03. The number of aromatic hydroxyl groups is 1. The minimum atomic E-state index is -3.80. The Morgan fingerprint density at radius 1 is 1.00 bits per heavy atom. The number of phenolic OH excluding ortho intramolecular Hbond substituents is 1.